The minimum absolute atomic E-state index is 0.0377. The number of aromatic nitrogens is 2. The fourth-order valence-electron chi connectivity index (χ4n) is 1.86. The molecule has 1 aliphatic rings. The predicted octanol–water partition coefficient (Wildman–Crippen LogP) is 2.05. The summed E-state index contributed by atoms with van der Waals surface area (Å²) in [5.41, 5.74) is 2.60. The molecule has 0 saturated carbocycles. The van der Waals surface area contributed by atoms with Crippen molar-refractivity contribution in [3.63, 3.8) is 0 Å². The molecule has 2 heterocycles. The van der Waals surface area contributed by atoms with E-state index in [4.69, 9.17) is 0 Å². The predicted molar refractivity (Wildman–Crippen MR) is 61.3 cm³/mol. The Morgan fingerprint density at radius 2 is 2.00 bits per heavy atom. The van der Waals surface area contributed by atoms with Crippen LogP contribution in [0.2, 0.25) is 0 Å². The van der Waals surface area contributed by atoms with Gasteiger partial charge in [-0.1, -0.05) is 0 Å². The molecule has 1 N–H and O–H groups in total. The Labute approximate surface area is 95.3 Å². The summed E-state index contributed by atoms with van der Waals surface area (Å²) in [6.07, 6.45) is 0. The topological polar surface area (TPSA) is 37.8 Å². The smallest absolute Gasteiger partial charge is 0.268 e. The summed E-state index contributed by atoms with van der Waals surface area (Å²) in [4.78, 5) is 11.6. The molecular formula is C11H9FN2OS. The average molecular weight is 236 g/mol. The molecule has 0 amide bonds. The van der Waals surface area contributed by atoms with E-state index in [1.165, 1.54) is 12.1 Å². The van der Waals surface area contributed by atoms with Crippen molar-refractivity contribution in [2.75, 3.05) is 0 Å². The molecule has 0 saturated heterocycles. The number of rotatable bonds is 1. The highest BCUT2D eigenvalue weighted by Crippen LogP contribution is 2.28. The van der Waals surface area contributed by atoms with Crippen LogP contribution in [0.1, 0.15) is 11.3 Å². The number of benzene rings is 1. The third-order valence-electron chi connectivity index (χ3n) is 2.68. The number of H-pyrrole nitrogens is 1. The normalized spacial score (nSPS) is 14.1. The Bertz CT molecular complexity index is 585. The fourth-order valence-corrected chi connectivity index (χ4v) is 2.96. The van der Waals surface area contributed by atoms with Crippen LogP contribution in [-0.4, -0.2) is 9.78 Å². The van der Waals surface area contributed by atoms with E-state index in [9.17, 15) is 9.18 Å². The second-order valence-electron chi connectivity index (χ2n) is 3.67. The maximum absolute atomic E-state index is 12.8. The van der Waals surface area contributed by atoms with Gasteiger partial charge >= 0.3 is 0 Å². The molecule has 3 rings (SSSR count). The van der Waals surface area contributed by atoms with Crippen molar-refractivity contribution in [3.05, 3.63) is 51.7 Å². The highest BCUT2D eigenvalue weighted by Gasteiger charge is 2.20. The van der Waals surface area contributed by atoms with Crippen molar-refractivity contribution in [2.45, 2.75) is 11.5 Å². The molecule has 0 bridgehead atoms. The summed E-state index contributed by atoms with van der Waals surface area (Å²) in [5, 5.41) is 2.78. The molecule has 1 aliphatic heterocycles. The van der Waals surface area contributed by atoms with Crippen LogP contribution in [0.5, 0.6) is 0 Å². The molecule has 0 atom stereocenters. The molecule has 2 aromatic rings. The maximum atomic E-state index is 12.8. The summed E-state index contributed by atoms with van der Waals surface area (Å²) < 4.78 is 14.5. The van der Waals surface area contributed by atoms with Crippen LogP contribution in [0.4, 0.5) is 4.39 Å². The number of thioether (sulfide) groups is 1. The van der Waals surface area contributed by atoms with E-state index >= 15 is 0 Å². The average Bonchev–Trinajstić information content (AvgIpc) is 2.84. The van der Waals surface area contributed by atoms with Crippen LogP contribution in [0.25, 0.3) is 5.69 Å². The lowest BCUT2D eigenvalue weighted by atomic mass is 10.2. The molecular weight excluding hydrogens is 227 g/mol. The fraction of sp³-hybridized carbons (Fsp3) is 0.182. The first-order valence-electron chi connectivity index (χ1n) is 4.92. The van der Waals surface area contributed by atoms with E-state index < -0.39 is 0 Å². The minimum atomic E-state index is -0.274. The zero-order valence-corrected chi connectivity index (χ0v) is 9.18. The zero-order valence-electron chi connectivity index (χ0n) is 8.37. The van der Waals surface area contributed by atoms with Crippen molar-refractivity contribution in [1.82, 2.24) is 9.78 Å². The molecule has 1 aromatic heterocycles. The molecule has 1 aromatic carbocycles. The highest BCUT2D eigenvalue weighted by molar-refractivity contribution is 7.98. The van der Waals surface area contributed by atoms with Crippen LogP contribution >= 0.6 is 11.8 Å². The van der Waals surface area contributed by atoms with Gasteiger partial charge in [-0.2, -0.15) is 11.8 Å². The molecule has 0 fully saturated rings. The molecule has 82 valence electrons. The molecule has 0 spiro atoms. The van der Waals surface area contributed by atoms with Crippen LogP contribution in [0, 0.1) is 5.82 Å². The van der Waals surface area contributed by atoms with E-state index in [1.54, 1.807) is 28.6 Å². The first kappa shape index (κ1) is 9.72. The first-order chi connectivity index (χ1) is 7.75. The highest BCUT2D eigenvalue weighted by atomic mass is 32.2. The number of nitrogens with zero attached hydrogens (tertiary/aromatic N) is 1. The molecule has 0 radical (unpaired) electrons. The Morgan fingerprint density at radius 1 is 1.25 bits per heavy atom. The molecule has 0 aliphatic carbocycles. The van der Waals surface area contributed by atoms with Crippen molar-refractivity contribution in [2.24, 2.45) is 0 Å². The Morgan fingerprint density at radius 3 is 2.75 bits per heavy atom. The van der Waals surface area contributed by atoms with E-state index in [1.807, 2.05) is 0 Å². The van der Waals surface area contributed by atoms with Crippen molar-refractivity contribution < 1.29 is 4.39 Å². The van der Waals surface area contributed by atoms with Crippen molar-refractivity contribution >= 4 is 11.8 Å². The van der Waals surface area contributed by atoms with Gasteiger partial charge in [0.15, 0.2) is 0 Å². The summed E-state index contributed by atoms with van der Waals surface area (Å²) in [7, 11) is 0. The van der Waals surface area contributed by atoms with E-state index in [0.717, 1.165) is 28.5 Å². The van der Waals surface area contributed by atoms with E-state index in [0.29, 0.717) is 0 Å². The minimum Gasteiger partial charge on any atom is -0.268 e. The van der Waals surface area contributed by atoms with Crippen LogP contribution in [-0.2, 0) is 11.5 Å². The first-order valence-corrected chi connectivity index (χ1v) is 6.07. The second kappa shape index (κ2) is 3.52. The quantitative estimate of drug-likeness (QED) is 0.823. The molecule has 0 unspecified atom stereocenters. The Balaban J connectivity index is 2.17. The molecule has 5 heteroatoms. The molecule has 16 heavy (non-hydrogen) atoms. The third kappa shape index (κ3) is 1.39. The van der Waals surface area contributed by atoms with Gasteiger partial charge in [-0.05, 0) is 24.3 Å². The summed E-state index contributed by atoms with van der Waals surface area (Å²) in [5.74, 6) is 1.31. The summed E-state index contributed by atoms with van der Waals surface area (Å²) in [6.45, 7) is 0. The van der Waals surface area contributed by atoms with Gasteiger partial charge < -0.3 is 0 Å². The number of fused-ring (bicyclic) bond motifs is 1. The largest absolute Gasteiger partial charge is 0.268 e. The SMILES string of the molecule is O=c1[nH]n(-c2ccc(F)cc2)c2c1CSC2. The van der Waals surface area contributed by atoms with E-state index in [-0.39, 0.29) is 11.4 Å². The Hall–Kier alpha value is -1.49. The van der Waals surface area contributed by atoms with Gasteiger partial charge in [-0.25, -0.2) is 4.39 Å². The number of halogens is 1. The van der Waals surface area contributed by atoms with Gasteiger partial charge in [0.25, 0.3) is 5.56 Å². The monoisotopic (exact) mass is 236 g/mol. The van der Waals surface area contributed by atoms with Gasteiger partial charge in [-0.15, -0.1) is 0 Å². The van der Waals surface area contributed by atoms with E-state index in [2.05, 4.69) is 5.10 Å². The maximum Gasteiger partial charge on any atom is 0.268 e. The summed E-state index contributed by atoms with van der Waals surface area (Å²) in [6, 6.07) is 6.10. The van der Waals surface area contributed by atoms with Crippen LogP contribution in [0.3, 0.4) is 0 Å². The molecule has 3 nitrogen and oxygen atoms in total. The summed E-state index contributed by atoms with van der Waals surface area (Å²) >= 11 is 1.72. The third-order valence-corrected chi connectivity index (χ3v) is 3.65. The standard InChI is InChI=1S/C11H9FN2OS/c12-7-1-3-8(4-2-7)14-10-6-16-5-9(10)11(15)13-14/h1-4H,5-6H2,(H,13,15). The number of hydrogen-bond acceptors (Lipinski definition) is 2. The second-order valence-corrected chi connectivity index (χ2v) is 4.66. The van der Waals surface area contributed by atoms with Crippen molar-refractivity contribution in [1.29, 1.82) is 0 Å². The van der Waals surface area contributed by atoms with Gasteiger partial charge in [0.05, 0.1) is 16.9 Å². The van der Waals surface area contributed by atoms with Crippen molar-refractivity contribution in [3.8, 4) is 5.69 Å². The van der Waals surface area contributed by atoms with Gasteiger partial charge in [-0.3, -0.25) is 14.6 Å². The van der Waals surface area contributed by atoms with Gasteiger partial charge in [0.2, 0.25) is 0 Å². The van der Waals surface area contributed by atoms with Gasteiger partial charge in [0.1, 0.15) is 5.82 Å². The Kier molecular flexibility index (Phi) is 2.14. The zero-order chi connectivity index (χ0) is 11.1. The lowest BCUT2D eigenvalue weighted by Crippen LogP contribution is -2.07. The lowest BCUT2D eigenvalue weighted by Gasteiger charge is -2.05. The van der Waals surface area contributed by atoms with Gasteiger partial charge in [0, 0.05) is 11.5 Å². The number of hydrogen-bond donors (Lipinski definition) is 1. The number of aromatic amines is 1. The number of nitrogens with one attached hydrogen (secondary N) is 1. The lowest BCUT2D eigenvalue weighted by molar-refractivity contribution is 0.627. The van der Waals surface area contributed by atoms with Crippen LogP contribution < -0.4 is 5.56 Å². The van der Waals surface area contributed by atoms with Crippen LogP contribution in [0.15, 0.2) is 29.1 Å².